The number of carbonyl (C=O) groups is 1. The zero-order valence-electron chi connectivity index (χ0n) is 11.1. The van der Waals surface area contributed by atoms with E-state index in [0.29, 0.717) is 16.1 Å². The van der Waals surface area contributed by atoms with Gasteiger partial charge in [0.1, 0.15) is 5.82 Å². The van der Waals surface area contributed by atoms with Gasteiger partial charge in [-0.15, -0.1) is 0 Å². The molecule has 0 aliphatic carbocycles. The lowest BCUT2D eigenvalue weighted by atomic mass is 10.1. The molecule has 0 fully saturated rings. The minimum atomic E-state index is -0.430. The molecule has 0 bridgehead atoms. The Morgan fingerprint density at radius 3 is 2.58 bits per heavy atom. The summed E-state index contributed by atoms with van der Waals surface area (Å²) in [5.74, 6) is -0.195. The first-order chi connectivity index (χ1) is 8.81. The molecule has 0 aliphatic heterocycles. The third kappa shape index (κ3) is 4.99. The number of carbonyl (C=O) groups excluding carboxylic acids is 1. The molecule has 2 N–H and O–H groups in total. The van der Waals surface area contributed by atoms with Crippen LogP contribution in [-0.4, -0.2) is 18.5 Å². The molecule has 0 saturated heterocycles. The highest BCUT2D eigenvalue weighted by molar-refractivity contribution is 9.10. The van der Waals surface area contributed by atoms with Crippen molar-refractivity contribution in [3.8, 4) is 0 Å². The standard InChI is InChI=1S/C13H17BrClFN2O/c1-7(2)8(3)18-12(19)6-17-13-10(14)4-9(16)5-11(13)15/h4-5,7-8,17H,6H2,1-3H3,(H,18,19). The Kier molecular flexibility index (Phi) is 6.07. The molecule has 1 atom stereocenters. The van der Waals surface area contributed by atoms with E-state index in [-0.39, 0.29) is 23.5 Å². The Morgan fingerprint density at radius 2 is 2.05 bits per heavy atom. The van der Waals surface area contributed by atoms with Gasteiger partial charge >= 0.3 is 0 Å². The second-order valence-corrected chi connectivity index (χ2v) is 5.96. The maximum atomic E-state index is 13.0. The molecule has 0 heterocycles. The molecule has 0 aromatic heterocycles. The lowest BCUT2D eigenvalue weighted by molar-refractivity contribution is -0.120. The van der Waals surface area contributed by atoms with Crippen LogP contribution in [0.5, 0.6) is 0 Å². The maximum absolute atomic E-state index is 13.0. The summed E-state index contributed by atoms with van der Waals surface area (Å²) in [5, 5.41) is 5.99. The number of halogens is 3. The summed E-state index contributed by atoms with van der Waals surface area (Å²) >= 11 is 9.11. The summed E-state index contributed by atoms with van der Waals surface area (Å²) in [7, 11) is 0. The zero-order chi connectivity index (χ0) is 14.6. The molecular weight excluding hydrogens is 335 g/mol. The molecule has 1 aromatic rings. The van der Waals surface area contributed by atoms with Gasteiger partial charge in [-0.2, -0.15) is 0 Å². The number of amides is 1. The van der Waals surface area contributed by atoms with Crippen molar-refractivity contribution in [3.63, 3.8) is 0 Å². The summed E-state index contributed by atoms with van der Waals surface area (Å²) in [6.45, 7) is 6.10. The molecule has 1 unspecified atom stereocenters. The van der Waals surface area contributed by atoms with Gasteiger partial charge in [-0.25, -0.2) is 4.39 Å². The van der Waals surface area contributed by atoms with Crippen molar-refractivity contribution < 1.29 is 9.18 Å². The maximum Gasteiger partial charge on any atom is 0.239 e. The first kappa shape index (κ1) is 16.2. The predicted molar refractivity (Wildman–Crippen MR) is 80.0 cm³/mol. The number of rotatable bonds is 5. The number of benzene rings is 1. The van der Waals surface area contributed by atoms with E-state index in [0.717, 1.165) is 0 Å². The Hall–Kier alpha value is -0.810. The van der Waals surface area contributed by atoms with Crippen LogP contribution in [0.15, 0.2) is 16.6 Å². The van der Waals surface area contributed by atoms with Gasteiger partial charge in [0.25, 0.3) is 0 Å². The largest absolute Gasteiger partial charge is 0.374 e. The zero-order valence-corrected chi connectivity index (χ0v) is 13.4. The van der Waals surface area contributed by atoms with Crippen molar-refractivity contribution in [3.05, 3.63) is 27.4 Å². The summed E-state index contributed by atoms with van der Waals surface area (Å²) in [6.07, 6.45) is 0. The third-order valence-corrected chi connectivity index (χ3v) is 3.74. The van der Waals surface area contributed by atoms with E-state index >= 15 is 0 Å². The minimum Gasteiger partial charge on any atom is -0.374 e. The second kappa shape index (κ2) is 7.10. The average molecular weight is 352 g/mol. The molecule has 0 spiro atoms. The molecule has 1 aromatic carbocycles. The highest BCUT2D eigenvalue weighted by Gasteiger charge is 2.12. The summed E-state index contributed by atoms with van der Waals surface area (Å²) in [4.78, 5) is 11.7. The van der Waals surface area contributed by atoms with Gasteiger partial charge in [-0.1, -0.05) is 25.4 Å². The molecule has 0 saturated carbocycles. The van der Waals surface area contributed by atoms with Crippen LogP contribution in [0.25, 0.3) is 0 Å². The highest BCUT2D eigenvalue weighted by Crippen LogP contribution is 2.31. The van der Waals surface area contributed by atoms with Crippen molar-refractivity contribution >= 4 is 39.1 Å². The van der Waals surface area contributed by atoms with E-state index in [1.165, 1.54) is 12.1 Å². The van der Waals surface area contributed by atoms with E-state index in [1.807, 2.05) is 20.8 Å². The first-order valence-corrected chi connectivity index (χ1v) is 7.16. The summed E-state index contributed by atoms with van der Waals surface area (Å²) in [5.41, 5.74) is 0.510. The van der Waals surface area contributed by atoms with Gasteiger partial charge in [0.05, 0.1) is 17.3 Å². The fourth-order valence-corrected chi connectivity index (χ4v) is 2.31. The van der Waals surface area contributed by atoms with Gasteiger partial charge in [-0.05, 0) is 40.9 Å². The molecule has 0 aliphatic rings. The second-order valence-electron chi connectivity index (χ2n) is 4.70. The highest BCUT2D eigenvalue weighted by atomic mass is 79.9. The van der Waals surface area contributed by atoms with Crippen molar-refractivity contribution in [1.29, 1.82) is 0 Å². The van der Waals surface area contributed by atoms with Crippen LogP contribution < -0.4 is 10.6 Å². The van der Waals surface area contributed by atoms with Gasteiger partial charge in [-0.3, -0.25) is 4.79 Å². The molecule has 1 amide bonds. The van der Waals surface area contributed by atoms with E-state index in [2.05, 4.69) is 26.6 Å². The Morgan fingerprint density at radius 1 is 1.42 bits per heavy atom. The van der Waals surface area contributed by atoms with E-state index in [1.54, 1.807) is 0 Å². The number of anilines is 1. The molecular formula is C13H17BrClFN2O. The van der Waals surface area contributed by atoms with Crippen LogP contribution in [0.2, 0.25) is 5.02 Å². The first-order valence-electron chi connectivity index (χ1n) is 5.99. The van der Waals surface area contributed by atoms with Crippen LogP contribution in [0, 0.1) is 11.7 Å². The lowest BCUT2D eigenvalue weighted by Gasteiger charge is -2.18. The topological polar surface area (TPSA) is 41.1 Å². The van der Waals surface area contributed by atoms with E-state index < -0.39 is 5.82 Å². The Labute approximate surface area is 126 Å². The smallest absolute Gasteiger partial charge is 0.239 e. The van der Waals surface area contributed by atoms with E-state index in [9.17, 15) is 9.18 Å². The number of nitrogens with one attached hydrogen (secondary N) is 2. The fourth-order valence-electron chi connectivity index (χ4n) is 1.35. The van der Waals surface area contributed by atoms with Gasteiger partial charge in [0.15, 0.2) is 0 Å². The summed E-state index contributed by atoms with van der Waals surface area (Å²) in [6, 6.07) is 2.59. The number of hydrogen-bond acceptors (Lipinski definition) is 2. The average Bonchev–Trinajstić information content (AvgIpc) is 2.27. The lowest BCUT2D eigenvalue weighted by Crippen LogP contribution is -2.39. The summed E-state index contributed by atoms with van der Waals surface area (Å²) < 4.78 is 13.5. The van der Waals surface area contributed by atoms with Crippen LogP contribution >= 0.6 is 27.5 Å². The van der Waals surface area contributed by atoms with Gasteiger partial charge in [0.2, 0.25) is 5.91 Å². The van der Waals surface area contributed by atoms with Crippen molar-refractivity contribution in [1.82, 2.24) is 5.32 Å². The molecule has 106 valence electrons. The minimum absolute atomic E-state index is 0.0843. The molecule has 0 radical (unpaired) electrons. The predicted octanol–water partition coefficient (Wildman–Crippen LogP) is 3.81. The molecule has 6 heteroatoms. The van der Waals surface area contributed by atoms with Crippen molar-refractivity contribution in [2.24, 2.45) is 5.92 Å². The Balaban J connectivity index is 2.60. The molecule has 1 rings (SSSR count). The number of hydrogen-bond donors (Lipinski definition) is 2. The normalized spacial score (nSPS) is 12.4. The van der Waals surface area contributed by atoms with Crippen LogP contribution in [0.4, 0.5) is 10.1 Å². The van der Waals surface area contributed by atoms with Crippen LogP contribution in [-0.2, 0) is 4.79 Å². The fraction of sp³-hybridized carbons (Fsp3) is 0.462. The monoisotopic (exact) mass is 350 g/mol. The van der Waals surface area contributed by atoms with E-state index in [4.69, 9.17) is 11.6 Å². The van der Waals surface area contributed by atoms with Gasteiger partial charge in [0, 0.05) is 10.5 Å². The SMILES string of the molecule is CC(C)C(C)NC(=O)CNc1c(Cl)cc(F)cc1Br. The van der Waals surface area contributed by atoms with Crippen LogP contribution in [0.1, 0.15) is 20.8 Å². The van der Waals surface area contributed by atoms with Crippen LogP contribution in [0.3, 0.4) is 0 Å². The molecule has 3 nitrogen and oxygen atoms in total. The molecule has 19 heavy (non-hydrogen) atoms. The van der Waals surface area contributed by atoms with Crippen molar-refractivity contribution in [2.75, 3.05) is 11.9 Å². The van der Waals surface area contributed by atoms with Crippen molar-refractivity contribution in [2.45, 2.75) is 26.8 Å². The van der Waals surface area contributed by atoms with Gasteiger partial charge < -0.3 is 10.6 Å². The Bertz CT molecular complexity index is 445. The third-order valence-electron chi connectivity index (χ3n) is 2.82. The quantitative estimate of drug-likeness (QED) is 0.847.